The largest absolute Gasteiger partial charge is 0.300 e. The molecule has 0 bridgehead atoms. The highest BCUT2D eigenvalue weighted by molar-refractivity contribution is 7.89. The third kappa shape index (κ3) is 2.68. The molecule has 0 radical (unpaired) electrons. The summed E-state index contributed by atoms with van der Waals surface area (Å²) in [4.78, 5) is 11.2. The van der Waals surface area contributed by atoms with E-state index < -0.39 is 10.0 Å². The second-order valence-corrected chi connectivity index (χ2v) is 6.95. The summed E-state index contributed by atoms with van der Waals surface area (Å²) in [5.41, 5.74) is 0. The standard InChI is InChI=1S/C11H16ClN3O3S/c1-8(16)6-9-4-3-5-15(9)19(17,18)11-10(12)7-13-14(11)2/h7,9H,3-6H2,1-2H3. The number of hydrogen-bond donors (Lipinski definition) is 0. The number of halogens is 1. The molecular weight excluding hydrogens is 290 g/mol. The maximum atomic E-state index is 12.6. The molecule has 0 aromatic carbocycles. The molecule has 6 nitrogen and oxygen atoms in total. The van der Waals surface area contributed by atoms with Crippen molar-refractivity contribution in [1.82, 2.24) is 14.1 Å². The highest BCUT2D eigenvalue weighted by atomic mass is 35.5. The van der Waals surface area contributed by atoms with Gasteiger partial charge >= 0.3 is 0 Å². The van der Waals surface area contributed by atoms with Gasteiger partial charge in [-0.3, -0.25) is 9.48 Å². The van der Waals surface area contributed by atoms with Crippen molar-refractivity contribution in [2.75, 3.05) is 6.54 Å². The van der Waals surface area contributed by atoms with Crippen molar-refractivity contribution in [1.29, 1.82) is 0 Å². The molecule has 1 atom stereocenters. The van der Waals surface area contributed by atoms with Crippen molar-refractivity contribution in [2.45, 2.75) is 37.3 Å². The molecule has 1 aromatic rings. The molecule has 2 heterocycles. The van der Waals surface area contributed by atoms with Crippen molar-refractivity contribution in [3.05, 3.63) is 11.2 Å². The first kappa shape index (κ1) is 14.5. The average Bonchev–Trinajstić information content (AvgIpc) is 2.85. The minimum atomic E-state index is -3.70. The summed E-state index contributed by atoms with van der Waals surface area (Å²) in [5, 5.41) is 3.95. The van der Waals surface area contributed by atoms with Gasteiger partial charge in [0.2, 0.25) is 0 Å². The fraction of sp³-hybridized carbons (Fsp3) is 0.636. The molecule has 1 fully saturated rings. The fourth-order valence-corrected chi connectivity index (χ4v) is 4.76. The van der Waals surface area contributed by atoms with Gasteiger partial charge in [0.05, 0.1) is 11.2 Å². The molecule has 106 valence electrons. The van der Waals surface area contributed by atoms with E-state index in [2.05, 4.69) is 5.10 Å². The zero-order valence-electron chi connectivity index (χ0n) is 10.8. The minimum absolute atomic E-state index is 0.00961. The molecule has 0 amide bonds. The second-order valence-electron chi connectivity index (χ2n) is 4.74. The Morgan fingerprint density at radius 1 is 1.58 bits per heavy atom. The summed E-state index contributed by atoms with van der Waals surface area (Å²) in [6.07, 6.45) is 3.01. The number of sulfonamides is 1. The van der Waals surface area contributed by atoms with Gasteiger partial charge in [-0.2, -0.15) is 9.40 Å². The third-order valence-electron chi connectivity index (χ3n) is 3.24. The molecule has 0 N–H and O–H groups in total. The molecule has 1 aliphatic rings. The molecule has 0 aliphatic carbocycles. The SMILES string of the molecule is CC(=O)CC1CCCN1S(=O)(=O)c1c(Cl)cnn1C. The van der Waals surface area contributed by atoms with Crippen LogP contribution in [0.2, 0.25) is 5.02 Å². The predicted molar refractivity (Wildman–Crippen MR) is 70.4 cm³/mol. The van der Waals surface area contributed by atoms with Gasteiger partial charge in [0.15, 0.2) is 5.03 Å². The van der Waals surface area contributed by atoms with Crippen molar-refractivity contribution < 1.29 is 13.2 Å². The van der Waals surface area contributed by atoms with E-state index >= 15 is 0 Å². The number of Topliss-reactive ketones (excluding diaryl/α,β-unsaturated/α-hetero) is 1. The number of ketones is 1. The monoisotopic (exact) mass is 305 g/mol. The first-order valence-corrected chi connectivity index (χ1v) is 7.84. The van der Waals surface area contributed by atoms with E-state index in [4.69, 9.17) is 11.6 Å². The van der Waals surface area contributed by atoms with Gasteiger partial charge in [-0.15, -0.1) is 0 Å². The van der Waals surface area contributed by atoms with Crippen molar-refractivity contribution in [3.8, 4) is 0 Å². The lowest BCUT2D eigenvalue weighted by Gasteiger charge is -2.23. The zero-order valence-corrected chi connectivity index (χ0v) is 12.4. The van der Waals surface area contributed by atoms with E-state index in [1.807, 2.05) is 0 Å². The van der Waals surface area contributed by atoms with Crippen LogP contribution in [0.25, 0.3) is 0 Å². The molecule has 2 rings (SSSR count). The van der Waals surface area contributed by atoms with Crippen LogP contribution in [0.4, 0.5) is 0 Å². The Labute approximate surface area is 117 Å². The van der Waals surface area contributed by atoms with Crippen LogP contribution in [0.15, 0.2) is 11.2 Å². The molecule has 0 spiro atoms. The minimum Gasteiger partial charge on any atom is -0.300 e. The Kier molecular flexibility index (Phi) is 3.98. The first-order valence-electron chi connectivity index (χ1n) is 6.03. The van der Waals surface area contributed by atoms with Crippen LogP contribution in [0.1, 0.15) is 26.2 Å². The van der Waals surface area contributed by atoms with Gasteiger partial charge in [0.1, 0.15) is 5.78 Å². The van der Waals surface area contributed by atoms with Crippen LogP contribution in [-0.4, -0.2) is 40.9 Å². The molecule has 1 unspecified atom stereocenters. The Balaban J connectivity index is 2.37. The second kappa shape index (κ2) is 5.22. The molecule has 19 heavy (non-hydrogen) atoms. The molecule has 1 saturated heterocycles. The van der Waals surface area contributed by atoms with Crippen LogP contribution < -0.4 is 0 Å². The molecule has 1 aromatic heterocycles. The van der Waals surface area contributed by atoms with E-state index in [9.17, 15) is 13.2 Å². The van der Waals surface area contributed by atoms with E-state index in [0.29, 0.717) is 13.0 Å². The quantitative estimate of drug-likeness (QED) is 0.838. The first-order chi connectivity index (χ1) is 8.84. The van der Waals surface area contributed by atoms with Crippen molar-refractivity contribution in [3.63, 3.8) is 0 Å². The van der Waals surface area contributed by atoms with E-state index in [1.54, 1.807) is 0 Å². The Morgan fingerprint density at radius 3 is 2.79 bits per heavy atom. The number of hydrogen-bond acceptors (Lipinski definition) is 4. The lowest BCUT2D eigenvalue weighted by atomic mass is 10.1. The van der Waals surface area contributed by atoms with Crippen LogP contribution in [0, 0.1) is 0 Å². The molecule has 8 heteroatoms. The lowest BCUT2D eigenvalue weighted by Crippen LogP contribution is -2.37. The smallest absolute Gasteiger partial charge is 0.262 e. The lowest BCUT2D eigenvalue weighted by molar-refractivity contribution is -0.117. The highest BCUT2D eigenvalue weighted by Crippen LogP contribution is 2.30. The van der Waals surface area contributed by atoms with Crippen molar-refractivity contribution in [2.24, 2.45) is 7.05 Å². The summed E-state index contributed by atoms with van der Waals surface area (Å²) < 4.78 is 27.8. The molecule has 1 aliphatic heterocycles. The van der Waals surface area contributed by atoms with Gasteiger partial charge in [-0.25, -0.2) is 8.42 Å². The number of nitrogens with zero attached hydrogens (tertiary/aromatic N) is 3. The maximum absolute atomic E-state index is 12.6. The van der Waals surface area contributed by atoms with Crippen LogP contribution in [0.3, 0.4) is 0 Å². The maximum Gasteiger partial charge on any atom is 0.262 e. The van der Waals surface area contributed by atoms with Crippen LogP contribution >= 0.6 is 11.6 Å². The molecular formula is C11H16ClN3O3S. The summed E-state index contributed by atoms with van der Waals surface area (Å²) in [5.74, 6) is -0.0109. The van der Waals surface area contributed by atoms with E-state index in [-0.39, 0.29) is 28.3 Å². The number of carbonyl (C=O) groups is 1. The Morgan fingerprint density at radius 2 is 2.26 bits per heavy atom. The van der Waals surface area contributed by atoms with Gasteiger partial charge in [0.25, 0.3) is 10.0 Å². The summed E-state index contributed by atoms with van der Waals surface area (Å²) in [7, 11) is -2.17. The average molecular weight is 306 g/mol. The molecule has 0 saturated carbocycles. The van der Waals surface area contributed by atoms with Crippen LogP contribution in [-0.2, 0) is 21.9 Å². The van der Waals surface area contributed by atoms with Gasteiger partial charge in [-0.1, -0.05) is 11.6 Å². The summed E-state index contributed by atoms with van der Waals surface area (Å²) in [6, 6.07) is -0.270. The van der Waals surface area contributed by atoms with E-state index in [1.165, 1.54) is 29.2 Å². The van der Waals surface area contributed by atoms with Crippen molar-refractivity contribution >= 4 is 27.4 Å². The normalized spacial score (nSPS) is 20.9. The number of carbonyl (C=O) groups excluding carboxylic acids is 1. The highest BCUT2D eigenvalue weighted by Gasteiger charge is 2.38. The van der Waals surface area contributed by atoms with Gasteiger partial charge < -0.3 is 0 Å². The van der Waals surface area contributed by atoms with Crippen LogP contribution in [0.5, 0.6) is 0 Å². The summed E-state index contributed by atoms with van der Waals surface area (Å²) in [6.45, 7) is 1.89. The zero-order chi connectivity index (χ0) is 14.2. The van der Waals surface area contributed by atoms with Gasteiger partial charge in [0, 0.05) is 26.1 Å². The number of aryl methyl sites for hydroxylation is 1. The number of rotatable bonds is 4. The van der Waals surface area contributed by atoms with E-state index in [0.717, 1.165) is 6.42 Å². The Hall–Kier alpha value is -0.920. The fourth-order valence-electron chi connectivity index (χ4n) is 2.46. The van der Waals surface area contributed by atoms with Gasteiger partial charge in [-0.05, 0) is 19.8 Å². The third-order valence-corrected chi connectivity index (χ3v) is 5.70. The topological polar surface area (TPSA) is 72.3 Å². The summed E-state index contributed by atoms with van der Waals surface area (Å²) >= 11 is 5.91. The Bertz CT molecular complexity index is 577. The number of aromatic nitrogens is 2. The predicted octanol–water partition coefficient (Wildman–Crippen LogP) is 1.21.